The highest BCUT2D eigenvalue weighted by Gasteiger charge is 2.58. The smallest absolute Gasteiger partial charge is 0.410 e. The molecular weight excluding hydrogens is 392 g/mol. The lowest BCUT2D eigenvalue weighted by molar-refractivity contribution is -0.162. The number of fused-ring (bicyclic) bond motifs is 1. The minimum Gasteiger partial charge on any atom is -0.457 e. The molecule has 0 aliphatic carbocycles. The fourth-order valence-corrected chi connectivity index (χ4v) is 4.65. The summed E-state index contributed by atoms with van der Waals surface area (Å²) in [5.74, 6) is -2.19. The van der Waals surface area contributed by atoms with Crippen molar-refractivity contribution in [2.75, 3.05) is 32.9 Å². The van der Waals surface area contributed by atoms with Gasteiger partial charge in [-0.1, -0.05) is 25.3 Å². The summed E-state index contributed by atoms with van der Waals surface area (Å²) in [5, 5.41) is 19.9. The van der Waals surface area contributed by atoms with Gasteiger partial charge in [-0.25, -0.2) is 9.59 Å². The van der Waals surface area contributed by atoms with Crippen molar-refractivity contribution in [1.29, 1.82) is 0 Å². The molecule has 2 N–H and O–H groups in total. The first kappa shape index (κ1) is 22.0. The van der Waals surface area contributed by atoms with Crippen LogP contribution in [0.3, 0.4) is 0 Å². The van der Waals surface area contributed by atoms with Gasteiger partial charge in [0, 0.05) is 31.5 Å². The highest BCUT2D eigenvalue weighted by atomic mass is 16.6. The molecule has 9 heteroatoms. The van der Waals surface area contributed by atoms with Crippen LogP contribution in [-0.4, -0.2) is 83.0 Å². The molecule has 3 heterocycles. The third kappa shape index (κ3) is 3.75. The zero-order valence-corrected chi connectivity index (χ0v) is 17.0. The summed E-state index contributed by atoms with van der Waals surface area (Å²) in [5.41, 5.74) is 0.831. The molecule has 3 rings (SSSR count). The number of ether oxygens (including phenoxy) is 2. The van der Waals surface area contributed by atoms with Gasteiger partial charge in [-0.05, 0) is 18.9 Å². The van der Waals surface area contributed by atoms with Crippen molar-refractivity contribution in [3.63, 3.8) is 0 Å². The van der Waals surface area contributed by atoms with E-state index in [0.717, 1.165) is 0 Å². The van der Waals surface area contributed by atoms with Crippen LogP contribution >= 0.6 is 0 Å². The number of nitrogens with zero attached hydrogens (tertiary/aromatic N) is 2. The van der Waals surface area contributed by atoms with Crippen LogP contribution < -0.4 is 0 Å². The van der Waals surface area contributed by atoms with Crippen LogP contribution in [-0.2, 0) is 19.1 Å². The second kappa shape index (κ2) is 9.01. The van der Waals surface area contributed by atoms with Crippen LogP contribution in [0.4, 0.5) is 4.79 Å². The fraction of sp³-hybridized carbons (Fsp3) is 0.571. The minimum atomic E-state index is -0.842. The molecule has 5 atom stereocenters. The predicted octanol–water partition coefficient (Wildman–Crippen LogP) is 0.444. The number of hydrogen-bond donors (Lipinski definition) is 2. The summed E-state index contributed by atoms with van der Waals surface area (Å²) in [7, 11) is 0. The fourth-order valence-electron chi connectivity index (χ4n) is 4.65. The largest absolute Gasteiger partial charge is 0.457 e. The zero-order chi connectivity index (χ0) is 22.0. The molecule has 9 nitrogen and oxygen atoms in total. The topological polar surface area (TPSA) is 117 Å². The number of aliphatic hydroxyl groups is 2. The van der Waals surface area contributed by atoms with Gasteiger partial charge in [0.15, 0.2) is 0 Å². The molecule has 0 aromatic rings. The van der Waals surface area contributed by atoms with Gasteiger partial charge < -0.3 is 29.5 Å². The van der Waals surface area contributed by atoms with Crippen molar-refractivity contribution in [3.05, 3.63) is 36.6 Å². The summed E-state index contributed by atoms with van der Waals surface area (Å²) in [6, 6.07) is -0.333. The third-order valence-corrected chi connectivity index (χ3v) is 5.99. The average molecular weight is 420 g/mol. The number of carbonyl (C=O) groups excluding carboxylic acids is 3. The van der Waals surface area contributed by atoms with E-state index in [1.165, 1.54) is 22.0 Å². The van der Waals surface area contributed by atoms with E-state index in [1.807, 2.05) is 0 Å². The number of amides is 2. The molecule has 0 bridgehead atoms. The van der Waals surface area contributed by atoms with Gasteiger partial charge in [0.1, 0.15) is 18.9 Å². The molecule has 164 valence electrons. The zero-order valence-electron chi connectivity index (χ0n) is 17.0. The van der Waals surface area contributed by atoms with Crippen molar-refractivity contribution in [1.82, 2.24) is 9.80 Å². The lowest BCUT2D eigenvalue weighted by Crippen LogP contribution is -2.61. The lowest BCUT2D eigenvalue weighted by Gasteiger charge is -2.44. The highest BCUT2D eigenvalue weighted by molar-refractivity contribution is 6.00. The Hall–Kier alpha value is -2.65. The molecule has 0 saturated carbocycles. The first-order valence-electron chi connectivity index (χ1n) is 10.0. The lowest BCUT2D eigenvalue weighted by atomic mass is 9.80. The summed E-state index contributed by atoms with van der Waals surface area (Å²) < 4.78 is 10.3. The van der Waals surface area contributed by atoms with Crippen molar-refractivity contribution < 1.29 is 34.1 Å². The molecule has 2 amide bonds. The summed E-state index contributed by atoms with van der Waals surface area (Å²) in [4.78, 5) is 40.6. The number of hydrogen-bond acceptors (Lipinski definition) is 7. The SMILES string of the molecule is C=CCOC(=O)C1=C(C2CN(C(=O)OCC=C)CC2CO)C[C@@H]2[C@@H]([C@@H](C)O)C(=O)N12. The Labute approximate surface area is 175 Å². The molecule has 2 saturated heterocycles. The molecular formula is C21H28N2O7. The van der Waals surface area contributed by atoms with E-state index in [1.54, 1.807) is 6.92 Å². The number of carbonyl (C=O) groups is 3. The van der Waals surface area contributed by atoms with Crippen LogP contribution in [0.15, 0.2) is 36.6 Å². The Morgan fingerprint density at radius 1 is 1.23 bits per heavy atom. The van der Waals surface area contributed by atoms with E-state index in [-0.39, 0.29) is 62.4 Å². The molecule has 2 fully saturated rings. The Morgan fingerprint density at radius 2 is 1.90 bits per heavy atom. The van der Waals surface area contributed by atoms with Gasteiger partial charge >= 0.3 is 12.1 Å². The standard InChI is InChI=1S/C21H28N2O7/c1-4-6-29-20(27)18-14(8-16-17(12(3)25)19(26)23(16)18)15-10-22(9-13(15)11-24)21(28)30-7-5-2/h4-5,12-13,15-17,24-25H,1-2,6-11H2,3H3/t12-,13?,15?,16-,17-/m1/s1. The summed E-state index contributed by atoms with van der Waals surface area (Å²) >= 11 is 0. The van der Waals surface area contributed by atoms with Gasteiger partial charge in [-0.3, -0.25) is 4.79 Å². The molecule has 0 spiro atoms. The number of esters is 1. The number of aliphatic hydroxyl groups excluding tert-OH is 2. The molecule has 3 aliphatic heterocycles. The van der Waals surface area contributed by atoms with Crippen molar-refractivity contribution in [2.24, 2.45) is 17.8 Å². The Bertz CT molecular complexity index is 775. The number of β-lactam (4-membered cyclic amide) rings is 1. The Kier molecular flexibility index (Phi) is 6.62. The second-order valence-electron chi connectivity index (χ2n) is 7.83. The maximum Gasteiger partial charge on any atom is 0.410 e. The van der Waals surface area contributed by atoms with Gasteiger partial charge in [0.05, 0.1) is 18.1 Å². The Balaban J connectivity index is 1.89. The maximum absolute atomic E-state index is 12.8. The van der Waals surface area contributed by atoms with E-state index in [9.17, 15) is 24.6 Å². The van der Waals surface area contributed by atoms with Gasteiger partial charge in [-0.2, -0.15) is 0 Å². The van der Waals surface area contributed by atoms with Crippen LogP contribution in [0.5, 0.6) is 0 Å². The van der Waals surface area contributed by atoms with E-state index in [4.69, 9.17) is 9.47 Å². The quantitative estimate of drug-likeness (QED) is 0.333. The Morgan fingerprint density at radius 3 is 2.50 bits per heavy atom. The normalized spacial score (nSPS) is 28.7. The molecule has 3 aliphatic rings. The number of rotatable bonds is 8. The first-order chi connectivity index (χ1) is 14.3. The predicted molar refractivity (Wildman–Crippen MR) is 106 cm³/mol. The van der Waals surface area contributed by atoms with Crippen molar-refractivity contribution in [3.8, 4) is 0 Å². The molecule has 0 radical (unpaired) electrons. The molecule has 30 heavy (non-hydrogen) atoms. The minimum absolute atomic E-state index is 0.00373. The van der Waals surface area contributed by atoms with Gasteiger partial charge in [0.2, 0.25) is 5.91 Å². The van der Waals surface area contributed by atoms with Crippen LogP contribution in [0.1, 0.15) is 13.3 Å². The molecule has 2 unspecified atom stereocenters. The van der Waals surface area contributed by atoms with E-state index >= 15 is 0 Å². The number of likely N-dealkylation sites (tertiary alicyclic amines) is 1. The van der Waals surface area contributed by atoms with Gasteiger partial charge in [0.25, 0.3) is 0 Å². The molecule has 0 aromatic heterocycles. The van der Waals surface area contributed by atoms with Gasteiger partial charge in [-0.15, -0.1) is 0 Å². The maximum atomic E-state index is 12.8. The van der Waals surface area contributed by atoms with Crippen LogP contribution in [0, 0.1) is 17.8 Å². The second-order valence-corrected chi connectivity index (χ2v) is 7.83. The highest BCUT2D eigenvalue weighted by Crippen LogP contribution is 2.48. The first-order valence-corrected chi connectivity index (χ1v) is 10.0. The van der Waals surface area contributed by atoms with Crippen molar-refractivity contribution in [2.45, 2.75) is 25.5 Å². The van der Waals surface area contributed by atoms with Crippen LogP contribution in [0.25, 0.3) is 0 Å². The van der Waals surface area contributed by atoms with Crippen molar-refractivity contribution >= 4 is 18.0 Å². The summed E-state index contributed by atoms with van der Waals surface area (Å²) in [6.07, 6.45) is 1.92. The third-order valence-electron chi connectivity index (χ3n) is 5.99. The van der Waals surface area contributed by atoms with E-state index in [2.05, 4.69) is 13.2 Å². The van der Waals surface area contributed by atoms with E-state index in [0.29, 0.717) is 12.0 Å². The van der Waals surface area contributed by atoms with E-state index < -0.39 is 24.1 Å². The van der Waals surface area contributed by atoms with Crippen LogP contribution in [0.2, 0.25) is 0 Å². The monoisotopic (exact) mass is 420 g/mol. The summed E-state index contributed by atoms with van der Waals surface area (Å²) in [6.45, 7) is 9.00. The average Bonchev–Trinajstić information content (AvgIpc) is 3.29. The molecule has 0 aromatic carbocycles.